The lowest BCUT2D eigenvalue weighted by Crippen LogP contribution is -2.41. The lowest BCUT2D eigenvalue weighted by atomic mass is 9.78. The fraction of sp³-hybridized carbons (Fsp3) is 0.550. The van der Waals surface area contributed by atoms with E-state index in [2.05, 4.69) is 11.8 Å². The van der Waals surface area contributed by atoms with Gasteiger partial charge in [0.15, 0.2) is 5.41 Å². The van der Waals surface area contributed by atoms with Gasteiger partial charge >= 0.3 is 7.12 Å². The Balaban J connectivity index is 1.88. The second kappa shape index (κ2) is 6.61. The SMILES string of the molecule is CN1CCC(C#Cc2cccc(B3OC(C)(C)C(C)(C)O3)c2)(C(F)F)C1=O. The molecule has 2 aliphatic heterocycles. The van der Waals surface area contributed by atoms with E-state index in [-0.39, 0.29) is 13.0 Å². The highest BCUT2D eigenvalue weighted by Crippen LogP contribution is 2.37. The molecular formula is C20H24BF2NO3. The molecule has 3 rings (SSSR count). The van der Waals surface area contributed by atoms with E-state index in [1.807, 2.05) is 33.8 Å². The standard InChI is InChI=1S/C20H24BF2NO3/c1-18(2)19(3,4)27-21(26-18)15-8-6-7-14(13-15)9-10-20(16(22)23)11-12-24(5)17(20)25/h6-8,13,16H,11-12H2,1-5H3. The van der Waals surface area contributed by atoms with Crippen LogP contribution < -0.4 is 5.46 Å². The third-order valence-corrected chi connectivity index (χ3v) is 5.78. The van der Waals surface area contributed by atoms with Crippen molar-refractivity contribution in [2.75, 3.05) is 13.6 Å². The van der Waals surface area contributed by atoms with E-state index in [1.165, 1.54) is 11.9 Å². The van der Waals surface area contributed by atoms with Gasteiger partial charge in [-0.3, -0.25) is 4.79 Å². The molecule has 2 fully saturated rings. The van der Waals surface area contributed by atoms with E-state index in [1.54, 1.807) is 18.2 Å². The van der Waals surface area contributed by atoms with Crippen LogP contribution in [0.5, 0.6) is 0 Å². The van der Waals surface area contributed by atoms with Crippen LogP contribution in [0.3, 0.4) is 0 Å². The Morgan fingerprint density at radius 3 is 2.33 bits per heavy atom. The van der Waals surface area contributed by atoms with Crippen molar-refractivity contribution in [1.29, 1.82) is 0 Å². The van der Waals surface area contributed by atoms with Crippen molar-refractivity contribution in [3.05, 3.63) is 29.8 Å². The average molecular weight is 375 g/mol. The molecule has 0 radical (unpaired) electrons. The molecule has 0 bridgehead atoms. The highest BCUT2D eigenvalue weighted by molar-refractivity contribution is 6.62. The van der Waals surface area contributed by atoms with E-state index < -0.39 is 36.1 Å². The van der Waals surface area contributed by atoms with Crippen molar-refractivity contribution in [2.45, 2.75) is 51.7 Å². The Kier molecular flexibility index (Phi) is 4.86. The van der Waals surface area contributed by atoms with Crippen LogP contribution in [0.4, 0.5) is 8.78 Å². The van der Waals surface area contributed by atoms with E-state index in [0.29, 0.717) is 5.56 Å². The molecule has 0 aliphatic carbocycles. The van der Waals surface area contributed by atoms with Gasteiger partial charge in [-0.15, -0.1) is 0 Å². The summed E-state index contributed by atoms with van der Waals surface area (Å²) in [4.78, 5) is 13.5. The molecule has 1 amide bonds. The molecule has 0 N–H and O–H groups in total. The fourth-order valence-electron chi connectivity index (χ4n) is 3.19. The number of amides is 1. The molecule has 0 saturated carbocycles. The monoisotopic (exact) mass is 375 g/mol. The Morgan fingerprint density at radius 2 is 1.81 bits per heavy atom. The Labute approximate surface area is 159 Å². The van der Waals surface area contributed by atoms with Gasteiger partial charge in [0.25, 0.3) is 6.43 Å². The molecule has 2 aliphatic rings. The maximum Gasteiger partial charge on any atom is 0.494 e. The predicted octanol–water partition coefficient (Wildman–Crippen LogP) is 2.45. The summed E-state index contributed by atoms with van der Waals surface area (Å²) in [6.07, 6.45) is -2.79. The molecule has 4 nitrogen and oxygen atoms in total. The van der Waals surface area contributed by atoms with Crippen molar-refractivity contribution in [2.24, 2.45) is 5.41 Å². The van der Waals surface area contributed by atoms with Gasteiger partial charge < -0.3 is 14.2 Å². The maximum atomic E-state index is 13.6. The van der Waals surface area contributed by atoms with Crippen LogP contribution in [0.1, 0.15) is 39.7 Å². The van der Waals surface area contributed by atoms with Crippen LogP contribution >= 0.6 is 0 Å². The summed E-state index contributed by atoms with van der Waals surface area (Å²) in [5.41, 5.74) is -1.55. The molecule has 0 spiro atoms. The van der Waals surface area contributed by atoms with E-state index in [9.17, 15) is 13.6 Å². The molecule has 1 aromatic carbocycles. The Bertz CT molecular complexity index is 799. The van der Waals surface area contributed by atoms with Gasteiger partial charge in [0.1, 0.15) is 0 Å². The minimum absolute atomic E-state index is 0.0317. The number of rotatable bonds is 2. The smallest absolute Gasteiger partial charge is 0.399 e. The largest absolute Gasteiger partial charge is 0.494 e. The molecule has 1 aromatic rings. The van der Waals surface area contributed by atoms with Crippen LogP contribution in [0, 0.1) is 17.3 Å². The third-order valence-electron chi connectivity index (χ3n) is 5.78. The topological polar surface area (TPSA) is 38.8 Å². The molecule has 2 heterocycles. The number of hydrogen-bond acceptors (Lipinski definition) is 3. The van der Waals surface area contributed by atoms with Crippen LogP contribution in [0.25, 0.3) is 0 Å². The first-order valence-electron chi connectivity index (χ1n) is 9.01. The van der Waals surface area contributed by atoms with Gasteiger partial charge in [-0.1, -0.05) is 24.0 Å². The molecule has 27 heavy (non-hydrogen) atoms. The number of nitrogens with zero attached hydrogens (tertiary/aromatic N) is 1. The number of carbonyl (C=O) groups is 1. The summed E-state index contributed by atoms with van der Waals surface area (Å²) in [6, 6.07) is 7.12. The first-order valence-corrected chi connectivity index (χ1v) is 9.01. The zero-order chi connectivity index (χ0) is 20.0. The molecule has 0 aromatic heterocycles. The number of halogens is 2. The summed E-state index contributed by atoms with van der Waals surface area (Å²) in [6.45, 7) is 8.14. The van der Waals surface area contributed by atoms with E-state index >= 15 is 0 Å². The van der Waals surface area contributed by atoms with Crippen LogP contribution in [-0.4, -0.2) is 49.1 Å². The van der Waals surface area contributed by atoms with Crippen molar-refractivity contribution in [3.63, 3.8) is 0 Å². The summed E-state index contributed by atoms with van der Waals surface area (Å²) in [5.74, 6) is 4.73. The van der Waals surface area contributed by atoms with Crippen LogP contribution in [0.2, 0.25) is 0 Å². The number of benzene rings is 1. The molecule has 2 saturated heterocycles. The lowest BCUT2D eigenvalue weighted by Gasteiger charge is -2.32. The van der Waals surface area contributed by atoms with Crippen molar-refractivity contribution < 1.29 is 22.9 Å². The first kappa shape index (κ1) is 19.8. The van der Waals surface area contributed by atoms with Crippen molar-refractivity contribution in [3.8, 4) is 11.8 Å². The summed E-state index contributed by atoms with van der Waals surface area (Å²) < 4.78 is 39.3. The third kappa shape index (κ3) is 3.37. The fourth-order valence-corrected chi connectivity index (χ4v) is 3.19. The van der Waals surface area contributed by atoms with Gasteiger partial charge in [-0.25, -0.2) is 8.78 Å². The molecule has 1 unspecified atom stereocenters. The maximum absolute atomic E-state index is 13.6. The molecular weight excluding hydrogens is 351 g/mol. The second-order valence-corrected chi connectivity index (χ2v) is 8.21. The zero-order valence-corrected chi connectivity index (χ0v) is 16.3. The Morgan fingerprint density at radius 1 is 1.19 bits per heavy atom. The van der Waals surface area contributed by atoms with Gasteiger partial charge in [-0.2, -0.15) is 0 Å². The van der Waals surface area contributed by atoms with Gasteiger partial charge in [0, 0.05) is 19.2 Å². The van der Waals surface area contributed by atoms with Crippen molar-refractivity contribution >= 4 is 18.5 Å². The zero-order valence-electron chi connectivity index (χ0n) is 16.3. The minimum Gasteiger partial charge on any atom is -0.399 e. The average Bonchev–Trinajstić information content (AvgIpc) is 3.00. The quantitative estimate of drug-likeness (QED) is 0.589. The van der Waals surface area contributed by atoms with E-state index in [0.717, 1.165) is 5.46 Å². The normalized spacial score (nSPS) is 26.4. The van der Waals surface area contributed by atoms with Crippen LogP contribution in [-0.2, 0) is 14.1 Å². The van der Waals surface area contributed by atoms with Crippen molar-refractivity contribution in [1.82, 2.24) is 4.90 Å². The first-order chi connectivity index (χ1) is 12.5. The molecule has 144 valence electrons. The Hall–Kier alpha value is -1.91. The predicted molar refractivity (Wildman–Crippen MR) is 99.7 cm³/mol. The number of alkyl halides is 2. The number of carbonyl (C=O) groups excluding carboxylic acids is 1. The number of hydrogen-bond donors (Lipinski definition) is 0. The molecule has 1 atom stereocenters. The number of likely N-dealkylation sites (tertiary alicyclic amines) is 1. The van der Waals surface area contributed by atoms with Crippen LogP contribution in [0.15, 0.2) is 24.3 Å². The minimum atomic E-state index is -2.83. The second-order valence-electron chi connectivity index (χ2n) is 8.21. The van der Waals surface area contributed by atoms with Gasteiger partial charge in [0.05, 0.1) is 11.2 Å². The van der Waals surface area contributed by atoms with E-state index in [4.69, 9.17) is 9.31 Å². The highest BCUT2D eigenvalue weighted by atomic mass is 19.3. The molecule has 7 heteroatoms. The lowest BCUT2D eigenvalue weighted by molar-refractivity contribution is -0.138. The highest BCUT2D eigenvalue weighted by Gasteiger charge is 2.52. The summed E-state index contributed by atoms with van der Waals surface area (Å²) >= 11 is 0. The summed E-state index contributed by atoms with van der Waals surface area (Å²) in [7, 11) is 0.965. The van der Waals surface area contributed by atoms with Gasteiger partial charge in [-0.05, 0) is 51.7 Å². The van der Waals surface area contributed by atoms with Gasteiger partial charge in [0.2, 0.25) is 5.91 Å². The summed E-state index contributed by atoms with van der Waals surface area (Å²) in [5, 5.41) is 0.